The largest absolute Gasteiger partial charge is 0.493 e. The van der Waals surface area contributed by atoms with Gasteiger partial charge in [0.15, 0.2) is 0 Å². The van der Waals surface area contributed by atoms with Crippen molar-refractivity contribution in [3.63, 3.8) is 0 Å². The quantitative estimate of drug-likeness (QED) is 0.920. The summed E-state index contributed by atoms with van der Waals surface area (Å²) in [6, 6.07) is 9.75. The first kappa shape index (κ1) is 11.6. The Morgan fingerprint density at radius 2 is 2.33 bits per heavy atom. The Morgan fingerprint density at radius 3 is 3.17 bits per heavy atom. The highest BCUT2D eigenvalue weighted by molar-refractivity contribution is 7.09. The lowest BCUT2D eigenvalue weighted by Crippen LogP contribution is -2.00. The van der Waals surface area contributed by atoms with Crippen LogP contribution < -0.4 is 9.47 Å². The maximum Gasteiger partial charge on any atom is 0.129 e. The molecule has 2 heterocycles. The Balaban J connectivity index is 1.60. The van der Waals surface area contributed by atoms with Crippen molar-refractivity contribution in [2.75, 3.05) is 13.2 Å². The number of rotatable bonds is 4. The van der Waals surface area contributed by atoms with E-state index >= 15 is 0 Å². The van der Waals surface area contributed by atoms with Gasteiger partial charge in [0.05, 0.1) is 6.61 Å². The van der Waals surface area contributed by atoms with E-state index in [1.807, 2.05) is 24.3 Å². The summed E-state index contributed by atoms with van der Waals surface area (Å²) >= 11 is 1.74. The Hall–Kier alpha value is -1.52. The van der Waals surface area contributed by atoms with Crippen molar-refractivity contribution in [1.29, 1.82) is 0 Å². The molecule has 3 rings (SSSR count). The third-order valence-corrected chi connectivity index (χ3v) is 3.87. The lowest BCUT2D eigenvalue weighted by Gasteiger charge is -2.07. The predicted octanol–water partition coefficient (Wildman–Crippen LogP) is 2.80. The summed E-state index contributed by atoms with van der Waals surface area (Å²) in [7, 11) is 0. The van der Waals surface area contributed by atoms with Crippen molar-refractivity contribution in [2.45, 2.75) is 12.5 Å². The summed E-state index contributed by atoms with van der Waals surface area (Å²) in [6.45, 7) is 0.996. The zero-order valence-corrected chi connectivity index (χ0v) is 10.7. The molecule has 1 N–H and O–H groups in total. The first-order valence-electron chi connectivity index (χ1n) is 5.93. The number of benzene rings is 1. The van der Waals surface area contributed by atoms with E-state index in [2.05, 4.69) is 11.4 Å². The van der Waals surface area contributed by atoms with Crippen LogP contribution in [0.2, 0.25) is 0 Å². The molecule has 0 fully saturated rings. The SMILES string of the molecule is OC1COc2cc(OCCc3cccs3)ccc21. The summed E-state index contributed by atoms with van der Waals surface area (Å²) < 4.78 is 11.1. The highest BCUT2D eigenvalue weighted by atomic mass is 32.1. The lowest BCUT2D eigenvalue weighted by molar-refractivity contribution is 0.140. The number of aliphatic hydroxyl groups excluding tert-OH is 1. The average Bonchev–Trinajstić information content (AvgIpc) is 3.00. The van der Waals surface area contributed by atoms with Gasteiger partial charge in [-0.3, -0.25) is 0 Å². The zero-order valence-electron chi connectivity index (χ0n) is 9.83. The molecule has 0 saturated heterocycles. The van der Waals surface area contributed by atoms with E-state index < -0.39 is 6.10 Å². The highest BCUT2D eigenvalue weighted by Crippen LogP contribution is 2.35. The average molecular weight is 262 g/mol. The second-order valence-corrected chi connectivity index (χ2v) is 5.24. The van der Waals surface area contributed by atoms with Crippen LogP contribution in [-0.4, -0.2) is 18.3 Å². The number of fused-ring (bicyclic) bond motifs is 1. The first-order chi connectivity index (χ1) is 8.83. The Morgan fingerprint density at radius 1 is 1.39 bits per heavy atom. The minimum atomic E-state index is -0.500. The molecule has 1 aliphatic rings. The van der Waals surface area contributed by atoms with Crippen molar-refractivity contribution in [3.8, 4) is 11.5 Å². The molecule has 1 aromatic heterocycles. The Kier molecular flexibility index (Phi) is 3.21. The van der Waals surface area contributed by atoms with Gasteiger partial charge in [0.2, 0.25) is 0 Å². The van der Waals surface area contributed by atoms with Gasteiger partial charge >= 0.3 is 0 Å². The summed E-state index contributed by atoms with van der Waals surface area (Å²) in [6.07, 6.45) is 0.415. The molecule has 0 bridgehead atoms. The Labute approximate surface area is 110 Å². The van der Waals surface area contributed by atoms with Crippen LogP contribution in [0, 0.1) is 0 Å². The van der Waals surface area contributed by atoms with Gasteiger partial charge in [0.1, 0.15) is 24.2 Å². The summed E-state index contributed by atoms with van der Waals surface area (Å²) in [4.78, 5) is 1.32. The van der Waals surface area contributed by atoms with E-state index in [0.717, 1.165) is 23.5 Å². The Bertz CT molecular complexity index is 522. The van der Waals surface area contributed by atoms with Crippen LogP contribution in [0.3, 0.4) is 0 Å². The molecule has 18 heavy (non-hydrogen) atoms. The maximum absolute atomic E-state index is 9.61. The topological polar surface area (TPSA) is 38.7 Å². The third-order valence-electron chi connectivity index (χ3n) is 2.94. The van der Waals surface area contributed by atoms with Gasteiger partial charge < -0.3 is 14.6 Å². The van der Waals surface area contributed by atoms with Crippen LogP contribution in [0.1, 0.15) is 16.5 Å². The van der Waals surface area contributed by atoms with E-state index in [1.165, 1.54) is 4.88 Å². The van der Waals surface area contributed by atoms with E-state index in [0.29, 0.717) is 13.2 Å². The summed E-state index contributed by atoms with van der Waals surface area (Å²) in [5, 5.41) is 11.7. The smallest absolute Gasteiger partial charge is 0.129 e. The minimum Gasteiger partial charge on any atom is -0.493 e. The highest BCUT2D eigenvalue weighted by Gasteiger charge is 2.21. The normalized spacial score (nSPS) is 17.3. The monoisotopic (exact) mass is 262 g/mol. The molecule has 0 amide bonds. The van der Waals surface area contributed by atoms with E-state index in [4.69, 9.17) is 9.47 Å². The van der Waals surface area contributed by atoms with E-state index in [1.54, 1.807) is 11.3 Å². The van der Waals surface area contributed by atoms with Gasteiger partial charge in [0.25, 0.3) is 0 Å². The van der Waals surface area contributed by atoms with Crippen molar-refractivity contribution < 1.29 is 14.6 Å². The fourth-order valence-electron chi connectivity index (χ4n) is 1.99. The summed E-state index contributed by atoms with van der Waals surface area (Å²) in [5.74, 6) is 1.52. The van der Waals surface area contributed by atoms with Crippen LogP contribution in [-0.2, 0) is 6.42 Å². The zero-order chi connectivity index (χ0) is 12.4. The van der Waals surface area contributed by atoms with Crippen LogP contribution in [0.5, 0.6) is 11.5 Å². The molecule has 2 aromatic rings. The van der Waals surface area contributed by atoms with Gasteiger partial charge in [-0.15, -0.1) is 11.3 Å². The van der Waals surface area contributed by atoms with E-state index in [-0.39, 0.29) is 0 Å². The molecule has 1 atom stereocenters. The first-order valence-corrected chi connectivity index (χ1v) is 6.81. The van der Waals surface area contributed by atoms with Gasteiger partial charge in [-0.2, -0.15) is 0 Å². The van der Waals surface area contributed by atoms with Gasteiger partial charge in [0, 0.05) is 22.9 Å². The van der Waals surface area contributed by atoms with Crippen LogP contribution in [0.25, 0.3) is 0 Å². The number of ether oxygens (including phenoxy) is 2. The molecule has 4 heteroatoms. The van der Waals surface area contributed by atoms with Gasteiger partial charge in [-0.05, 0) is 23.6 Å². The van der Waals surface area contributed by atoms with Gasteiger partial charge in [-0.1, -0.05) is 6.07 Å². The standard InChI is InChI=1S/C14H14O3S/c15-13-9-17-14-8-10(3-4-12(13)14)16-6-5-11-2-1-7-18-11/h1-4,7-8,13,15H,5-6,9H2. The molecule has 0 aliphatic carbocycles. The number of hydrogen-bond acceptors (Lipinski definition) is 4. The fourth-order valence-corrected chi connectivity index (χ4v) is 2.68. The molecule has 0 saturated carbocycles. The molecule has 0 radical (unpaired) electrons. The lowest BCUT2D eigenvalue weighted by atomic mass is 10.1. The minimum absolute atomic E-state index is 0.341. The van der Waals surface area contributed by atoms with Crippen molar-refractivity contribution >= 4 is 11.3 Å². The van der Waals surface area contributed by atoms with Crippen LogP contribution in [0.15, 0.2) is 35.7 Å². The van der Waals surface area contributed by atoms with Gasteiger partial charge in [-0.25, -0.2) is 0 Å². The molecule has 1 aromatic carbocycles. The second-order valence-electron chi connectivity index (χ2n) is 4.20. The second kappa shape index (κ2) is 5.00. The molecule has 0 spiro atoms. The molecule has 1 unspecified atom stereocenters. The molecule has 94 valence electrons. The van der Waals surface area contributed by atoms with Crippen molar-refractivity contribution in [2.24, 2.45) is 0 Å². The molecule has 3 nitrogen and oxygen atoms in total. The van der Waals surface area contributed by atoms with Crippen molar-refractivity contribution in [3.05, 3.63) is 46.2 Å². The fraction of sp³-hybridized carbons (Fsp3) is 0.286. The predicted molar refractivity (Wildman–Crippen MR) is 70.4 cm³/mol. The van der Waals surface area contributed by atoms with Crippen LogP contribution >= 0.6 is 11.3 Å². The maximum atomic E-state index is 9.61. The number of aliphatic hydroxyl groups is 1. The molecule has 1 aliphatic heterocycles. The molecular weight excluding hydrogens is 248 g/mol. The number of thiophene rings is 1. The molecular formula is C14H14O3S. The van der Waals surface area contributed by atoms with Crippen molar-refractivity contribution in [1.82, 2.24) is 0 Å². The van der Waals surface area contributed by atoms with Crippen LogP contribution in [0.4, 0.5) is 0 Å². The third kappa shape index (κ3) is 2.35. The summed E-state index contributed by atoms with van der Waals surface area (Å²) in [5.41, 5.74) is 0.848. The number of hydrogen-bond donors (Lipinski definition) is 1. The van der Waals surface area contributed by atoms with E-state index in [9.17, 15) is 5.11 Å².